The number of nitrogens with zero attached hydrogens (tertiary/aromatic N) is 1. The zero-order valence-corrected chi connectivity index (χ0v) is 14.4. The molecule has 0 radical (unpaired) electrons. The Kier molecular flexibility index (Phi) is 4.69. The summed E-state index contributed by atoms with van der Waals surface area (Å²) in [6, 6.07) is 33.1. The SMILES string of the molecule is c1ccc(N[C@H]2CCN(c3ccccc3)[C@H](c3ccccc3)C2)cc1. The largest absolute Gasteiger partial charge is 0.382 e. The van der Waals surface area contributed by atoms with Gasteiger partial charge in [0.1, 0.15) is 0 Å². The number of nitrogens with one attached hydrogen (secondary N) is 1. The number of piperidine rings is 1. The van der Waals surface area contributed by atoms with Crippen LogP contribution in [-0.2, 0) is 0 Å². The molecule has 0 aliphatic carbocycles. The van der Waals surface area contributed by atoms with E-state index in [-0.39, 0.29) is 0 Å². The number of hydrogen-bond acceptors (Lipinski definition) is 2. The summed E-state index contributed by atoms with van der Waals surface area (Å²) < 4.78 is 0. The van der Waals surface area contributed by atoms with E-state index in [1.165, 1.54) is 16.9 Å². The van der Waals surface area contributed by atoms with Crippen LogP contribution in [0.4, 0.5) is 11.4 Å². The van der Waals surface area contributed by atoms with Crippen molar-refractivity contribution >= 4 is 11.4 Å². The Labute approximate surface area is 150 Å². The first-order chi connectivity index (χ1) is 12.4. The van der Waals surface area contributed by atoms with Crippen molar-refractivity contribution in [1.29, 1.82) is 0 Å². The molecule has 0 unspecified atom stereocenters. The van der Waals surface area contributed by atoms with E-state index in [0.29, 0.717) is 12.1 Å². The van der Waals surface area contributed by atoms with E-state index in [1.807, 2.05) is 0 Å². The van der Waals surface area contributed by atoms with Crippen molar-refractivity contribution in [2.45, 2.75) is 24.9 Å². The fraction of sp³-hybridized carbons (Fsp3) is 0.217. The van der Waals surface area contributed by atoms with Crippen molar-refractivity contribution in [2.24, 2.45) is 0 Å². The molecule has 0 bridgehead atoms. The summed E-state index contributed by atoms with van der Waals surface area (Å²) in [4.78, 5) is 2.55. The summed E-state index contributed by atoms with van der Waals surface area (Å²) in [5, 5.41) is 3.73. The van der Waals surface area contributed by atoms with Crippen molar-refractivity contribution in [3.63, 3.8) is 0 Å². The van der Waals surface area contributed by atoms with E-state index < -0.39 is 0 Å². The summed E-state index contributed by atoms with van der Waals surface area (Å²) in [5.41, 5.74) is 3.92. The molecule has 1 aliphatic rings. The lowest BCUT2D eigenvalue weighted by Gasteiger charge is -2.42. The van der Waals surface area contributed by atoms with E-state index >= 15 is 0 Å². The molecular formula is C23H24N2. The molecule has 2 atom stereocenters. The van der Waals surface area contributed by atoms with Crippen LogP contribution in [0.15, 0.2) is 91.0 Å². The Morgan fingerprint density at radius 1 is 0.720 bits per heavy atom. The van der Waals surface area contributed by atoms with Crippen LogP contribution in [0.5, 0.6) is 0 Å². The fourth-order valence-corrected chi connectivity index (χ4v) is 3.79. The monoisotopic (exact) mass is 328 g/mol. The predicted molar refractivity (Wildman–Crippen MR) is 106 cm³/mol. The van der Waals surface area contributed by atoms with Crippen LogP contribution in [0.2, 0.25) is 0 Å². The zero-order valence-electron chi connectivity index (χ0n) is 14.4. The minimum Gasteiger partial charge on any atom is -0.382 e. The van der Waals surface area contributed by atoms with Crippen LogP contribution in [0.3, 0.4) is 0 Å². The van der Waals surface area contributed by atoms with E-state index in [0.717, 1.165) is 19.4 Å². The maximum absolute atomic E-state index is 3.73. The second-order valence-electron chi connectivity index (χ2n) is 6.69. The van der Waals surface area contributed by atoms with E-state index in [1.54, 1.807) is 0 Å². The molecule has 0 amide bonds. The molecule has 1 saturated heterocycles. The smallest absolute Gasteiger partial charge is 0.0561 e. The Balaban J connectivity index is 1.58. The van der Waals surface area contributed by atoms with Gasteiger partial charge in [-0.25, -0.2) is 0 Å². The molecule has 1 heterocycles. The highest BCUT2D eigenvalue weighted by Crippen LogP contribution is 2.35. The first kappa shape index (κ1) is 15.8. The van der Waals surface area contributed by atoms with Gasteiger partial charge in [-0.3, -0.25) is 0 Å². The maximum Gasteiger partial charge on any atom is 0.0561 e. The van der Waals surface area contributed by atoms with Crippen molar-refractivity contribution in [3.8, 4) is 0 Å². The molecule has 1 aliphatic heterocycles. The van der Waals surface area contributed by atoms with Crippen LogP contribution in [0, 0.1) is 0 Å². The van der Waals surface area contributed by atoms with Crippen LogP contribution < -0.4 is 10.2 Å². The molecule has 0 aromatic heterocycles. The summed E-state index contributed by atoms with van der Waals surface area (Å²) in [5.74, 6) is 0. The molecule has 0 saturated carbocycles. The summed E-state index contributed by atoms with van der Waals surface area (Å²) in [6.07, 6.45) is 2.25. The summed E-state index contributed by atoms with van der Waals surface area (Å²) in [6.45, 7) is 1.06. The molecule has 0 spiro atoms. The highest BCUT2D eigenvalue weighted by atomic mass is 15.2. The van der Waals surface area contributed by atoms with Crippen LogP contribution in [0.1, 0.15) is 24.4 Å². The van der Waals surface area contributed by atoms with Gasteiger partial charge in [-0.2, -0.15) is 0 Å². The normalized spacial score (nSPS) is 20.2. The minimum absolute atomic E-state index is 0.401. The average Bonchev–Trinajstić information content (AvgIpc) is 2.70. The molecule has 2 heteroatoms. The molecular weight excluding hydrogens is 304 g/mol. The number of anilines is 2. The first-order valence-electron chi connectivity index (χ1n) is 9.08. The highest BCUT2D eigenvalue weighted by Gasteiger charge is 2.29. The van der Waals surface area contributed by atoms with Gasteiger partial charge in [-0.1, -0.05) is 66.7 Å². The van der Waals surface area contributed by atoms with Crippen molar-refractivity contribution in [3.05, 3.63) is 96.6 Å². The Bertz CT molecular complexity index is 771. The van der Waals surface area contributed by atoms with Crippen molar-refractivity contribution in [2.75, 3.05) is 16.8 Å². The van der Waals surface area contributed by atoms with Gasteiger partial charge in [-0.05, 0) is 42.7 Å². The zero-order chi connectivity index (χ0) is 16.9. The third kappa shape index (κ3) is 3.69. The van der Waals surface area contributed by atoms with Gasteiger partial charge in [0.2, 0.25) is 0 Å². The van der Waals surface area contributed by atoms with Crippen molar-refractivity contribution in [1.82, 2.24) is 0 Å². The lowest BCUT2D eigenvalue weighted by molar-refractivity contribution is 0.438. The first-order valence-corrected chi connectivity index (χ1v) is 9.08. The second-order valence-corrected chi connectivity index (χ2v) is 6.69. The van der Waals surface area contributed by atoms with Crippen LogP contribution >= 0.6 is 0 Å². The highest BCUT2D eigenvalue weighted by molar-refractivity contribution is 5.50. The van der Waals surface area contributed by atoms with E-state index in [9.17, 15) is 0 Å². The van der Waals surface area contributed by atoms with E-state index in [2.05, 4.69) is 101 Å². The van der Waals surface area contributed by atoms with Crippen LogP contribution in [-0.4, -0.2) is 12.6 Å². The van der Waals surface area contributed by atoms with Gasteiger partial charge >= 0.3 is 0 Å². The van der Waals surface area contributed by atoms with E-state index in [4.69, 9.17) is 0 Å². The van der Waals surface area contributed by atoms with Gasteiger partial charge in [0, 0.05) is 24.0 Å². The van der Waals surface area contributed by atoms with Gasteiger partial charge in [0.25, 0.3) is 0 Å². The fourth-order valence-electron chi connectivity index (χ4n) is 3.79. The van der Waals surface area contributed by atoms with Gasteiger partial charge < -0.3 is 10.2 Å². The lowest BCUT2D eigenvalue weighted by atomic mass is 9.91. The number of hydrogen-bond donors (Lipinski definition) is 1. The van der Waals surface area contributed by atoms with Gasteiger partial charge in [0.15, 0.2) is 0 Å². The average molecular weight is 328 g/mol. The number of para-hydroxylation sites is 2. The molecule has 25 heavy (non-hydrogen) atoms. The van der Waals surface area contributed by atoms with Crippen molar-refractivity contribution < 1.29 is 0 Å². The third-order valence-corrected chi connectivity index (χ3v) is 5.02. The molecule has 4 rings (SSSR count). The topological polar surface area (TPSA) is 15.3 Å². The Morgan fingerprint density at radius 2 is 1.32 bits per heavy atom. The molecule has 1 N–H and O–H groups in total. The standard InChI is InChI=1S/C23H24N2/c1-4-10-19(11-5-1)23-18-21(24-20-12-6-2-7-13-20)16-17-25(23)22-14-8-3-9-15-22/h1-15,21,23-24H,16-18H2/t21-,23-/m0/s1. The molecule has 3 aromatic rings. The van der Waals surface area contributed by atoms with Crippen LogP contribution in [0.25, 0.3) is 0 Å². The number of benzene rings is 3. The maximum atomic E-state index is 3.73. The Morgan fingerprint density at radius 3 is 2.00 bits per heavy atom. The third-order valence-electron chi connectivity index (χ3n) is 5.02. The minimum atomic E-state index is 0.401. The Hall–Kier alpha value is -2.74. The second kappa shape index (κ2) is 7.43. The van der Waals surface area contributed by atoms with Gasteiger partial charge in [-0.15, -0.1) is 0 Å². The molecule has 1 fully saturated rings. The number of rotatable bonds is 4. The predicted octanol–water partition coefficient (Wildman–Crippen LogP) is 5.51. The molecule has 3 aromatic carbocycles. The summed E-state index contributed by atoms with van der Waals surface area (Å²) in [7, 11) is 0. The quantitative estimate of drug-likeness (QED) is 0.679. The summed E-state index contributed by atoms with van der Waals surface area (Å²) >= 11 is 0. The molecule has 2 nitrogen and oxygen atoms in total. The van der Waals surface area contributed by atoms with Gasteiger partial charge in [0.05, 0.1) is 6.04 Å². The molecule has 126 valence electrons. The lowest BCUT2D eigenvalue weighted by Crippen LogP contribution is -2.41.